The Labute approximate surface area is 283 Å². The van der Waals surface area contributed by atoms with Crippen LogP contribution in [-0.4, -0.2) is 41.9 Å². The molecular formula is C33H32ClF6N5O4. The first-order chi connectivity index (χ1) is 22.5. The van der Waals surface area contributed by atoms with E-state index < -0.39 is 47.8 Å². The molecule has 0 heterocycles. The highest BCUT2D eigenvalue weighted by molar-refractivity contribution is 5.90. The monoisotopic (exact) mass is 711 g/mol. The fourth-order valence-corrected chi connectivity index (χ4v) is 4.49. The van der Waals surface area contributed by atoms with Gasteiger partial charge in [0.15, 0.2) is 5.78 Å². The standard InChI is InChI=1S/C33H31F6N5O4.ClH/c34-32(35,36)30(47)43-18-24-7-1-20(2-8-24)13-26(29(46)42-17-23-11-5-22(16-40)6-12-23)15-28(45)27(41)14-21-3-9-25(10-4-21)19-44-31(48)33(37,38)39;/h1-12,26-27H,13-15,17-19,41H2,(H,42,46)(H,43,47)(H,44,48);1H/t26-,27-;/m1./s1. The van der Waals surface area contributed by atoms with E-state index in [0.29, 0.717) is 33.4 Å². The normalized spacial score (nSPS) is 12.4. The van der Waals surface area contributed by atoms with Gasteiger partial charge in [-0.05, 0) is 52.8 Å². The number of nitriles is 1. The van der Waals surface area contributed by atoms with Crippen LogP contribution in [0.5, 0.6) is 0 Å². The van der Waals surface area contributed by atoms with Gasteiger partial charge in [0, 0.05) is 32.0 Å². The van der Waals surface area contributed by atoms with Gasteiger partial charge in [0.1, 0.15) is 0 Å². The van der Waals surface area contributed by atoms with Crippen molar-refractivity contribution in [1.29, 1.82) is 5.26 Å². The van der Waals surface area contributed by atoms with Crippen molar-refractivity contribution in [3.63, 3.8) is 0 Å². The van der Waals surface area contributed by atoms with Crippen molar-refractivity contribution in [1.82, 2.24) is 16.0 Å². The lowest BCUT2D eigenvalue weighted by atomic mass is 9.89. The van der Waals surface area contributed by atoms with Crippen LogP contribution in [-0.2, 0) is 51.7 Å². The number of hydrogen-bond acceptors (Lipinski definition) is 6. The first-order valence-electron chi connectivity index (χ1n) is 14.5. The van der Waals surface area contributed by atoms with E-state index in [-0.39, 0.29) is 51.3 Å². The first kappa shape index (κ1) is 40.2. The predicted molar refractivity (Wildman–Crippen MR) is 167 cm³/mol. The minimum absolute atomic E-state index is 0. The summed E-state index contributed by atoms with van der Waals surface area (Å²) in [7, 11) is 0. The zero-order valence-electron chi connectivity index (χ0n) is 25.7. The fourth-order valence-electron chi connectivity index (χ4n) is 4.49. The molecular weight excluding hydrogens is 680 g/mol. The van der Waals surface area contributed by atoms with E-state index in [4.69, 9.17) is 11.0 Å². The molecule has 0 aliphatic rings. The van der Waals surface area contributed by atoms with Gasteiger partial charge in [0.2, 0.25) is 5.91 Å². The maximum Gasteiger partial charge on any atom is 0.471 e. The fraction of sp³-hybridized carbons (Fsp3) is 0.303. The molecule has 262 valence electrons. The lowest BCUT2D eigenvalue weighted by molar-refractivity contribution is -0.173. The third-order valence-corrected chi connectivity index (χ3v) is 7.19. The average Bonchev–Trinajstić information content (AvgIpc) is 3.05. The molecule has 0 aliphatic carbocycles. The van der Waals surface area contributed by atoms with Crippen LogP contribution in [0, 0.1) is 17.2 Å². The number of nitrogens with zero attached hydrogens (tertiary/aromatic N) is 1. The largest absolute Gasteiger partial charge is 0.471 e. The minimum Gasteiger partial charge on any atom is -0.352 e. The van der Waals surface area contributed by atoms with Crippen LogP contribution in [0.15, 0.2) is 72.8 Å². The van der Waals surface area contributed by atoms with Crippen molar-refractivity contribution in [3.8, 4) is 6.07 Å². The number of rotatable bonds is 14. The van der Waals surface area contributed by atoms with Crippen LogP contribution in [0.1, 0.15) is 39.8 Å². The number of ketones is 1. The van der Waals surface area contributed by atoms with Crippen molar-refractivity contribution in [2.75, 3.05) is 0 Å². The summed E-state index contributed by atoms with van der Waals surface area (Å²) in [6.45, 7) is -0.620. The van der Waals surface area contributed by atoms with Crippen molar-refractivity contribution >= 4 is 35.9 Å². The summed E-state index contributed by atoms with van der Waals surface area (Å²) in [5.41, 5.74) is 9.27. The van der Waals surface area contributed by atoms with Gasteiger partial charge in [-0.1, -0.05) is 60.7 Å². The Morgan fingerprint density at radius 3 is 1.41 bits per heavy atom. The van der Waals surface area contributed by atoms with Gasteiger partial charge in [-0.15, -0.1) is 12.4 Å². The molecule has 3 amide bonds. The van der Waals surface area contributed by atoms with E-state index >= 15 is 0 Å². The van der Waals surface area contributed by atoms with Crippen molar-refractivity contribution in [2.24, 2.45) is 11.7 Å². The highest BCUT2D eigenvalue weighted by Gasteiger charge is 2.39. The van der Waals surface area contributed by atoms with E-state index in [1.807, 2.05) is 6.07 Å². The highest BCUT2D eigenvalue weighted by atomic mass is 35.5. The Morgan fingerprint density at radius 2 is 1.00 bits per heavy atom. The van der Waals surface area contributed by atoms with E-state index in [2.05, 4.69) is 5.32 Å². The zero-order valence-corrected chi connectivity index (χ0v) is 26.5. The van der Waals surface area contributed by atoms with Crippen LogP contribution in [0.3, 0.4) is 0 Å². The van der Waals surface area contributed by atoms with Gasteiger partial charge in [-0.25, -0.2) is 0 Å². The van der Waals surface area contributed by atoms with Crippen molar-refractivity contribution in [2.45, 2.75) is 57.3 Å². The van der Waals surface area contributed by atoms with Gasteiger partial charge in [-0.2, -0.15) is 31.6 Å². The van der Waals surface area contributed by atoms with Gasteiger partial charge in [-0.3, -0.25) is 19.2 Å². The number of hydrogen-bond donors (Lipinski definition) is 4. The SMILES string of the molecule is Cl.N#Cc1ccc(CNC(=O)[C@@H](CC(=O)[C@H](N)Cc2ccc(CNC(=O)C(F)(F)F)cc2)Cc2ccc(CNC(=O)C(F)(F)F)cc2)cc1. The molecule has 0 radical (unpaired) electrons. The second-order valence-corrected chi connectivity index (χ2v) is 10.9. The van der Waals surface area contributed by atoms with Crippen LogP contribution in [0.4, 0.5) is 26.3 Å². The maximum atomic E-state index is 13.3. The van der Waals surface area contributed by atoms with Crippen LogP contribution in [0.2, 0.25) is 0 Å². The third kappa shape index (κ3) is 13.2. The first-order valence-corrected chi connectivity index (χ1v) is 14.5. The van der Waals surface area contributed by atoms with E-state index in [1.54, 1.807) is 59.2 Å². The molecule has 49 heavy (non-hydrogen) atoms. The molecule has 3 aromatic carbocycles. The van der Waals surface area contributed by atoms with E-state index in [0.717, 1.165) is 0 Å². The Hall–Kier alpha value is -4.94. The molecule has 0 unspecified atom stereocenters. The number of halogens is 7. The molecule has 0 bridgehead atoms. The Bertz CT molecular complexity index is 1620. The van der Waals surface area contributed by atoms with Gasteiger partial charge < -0.3 is 21.7 Å². The Morgan fingerprint density at radius 1 is 0.633 bits per heavy atom. The number of benzene rings is 3. The molecule has 16 heteroatoms. The summed E-state index contributed by atoms with van der Waals surface area (Å²) >= 11 is 0. The summed E-state index contributed by atoms with van der Waals surface area (Å²) in [4.78, 5) is 48.6. The molecule has 0 saturated carbocycles. The topological polar surface area (TPSA) is 154 Å². The molecule has 0 spiro atoms. The number of carbonyl (C=O) groups excluding carboxylic acids is 4. The molecule has 0 aromatic heterocycles. The predicted octanol–water partition coefficient (Wildman–Crippen LogP) is 4.34. The number of carbonyl (C=O) groups is 4. The van der Waals surface area contributed by atoms with Crippen molar-refractivity contribution < 1.29 is 45.5 Å². The summed E-state index contributed by atoms with van der Waals surface area (Å²) in [6.07, 6.45) is -10.1. The molecule has 0 saturated heterocycles. The summed E-state index contributed by atoms with van der Waals surface area (Å²) in [5.74, 6) is -5.95. The quantitative estimate of drug-likeness (QED) is 0.183. The number of Topliss-reactive ketones (excluding diaryl/α,β-unsaturated/α-hetero) is 1. The zero-order chi connectivity index (χ0) is 35.5. The molecule has 0 fully saturated rings. The lowest BCUT2D eigenvalue weighted by Gasteiger charge is -2.19. The van der Waals surface area contributed by atoms with Gasteiger partial charge in [0.05, 0.1) is 17.7 Å². The molecule has 3 aromatic rings. The summed E-state index contributed by atoms with van der Waals surface area (Å²) in [6, 6.07) is 19.7. The molecule has 9 nitrogen and oxygen atoms in total. The van der Waals surface area contributed by atoms with Crippen LogP contribution >= 0.6 is 12.4 Å². The van der Waals surface area contributed by atoms with Gasteiger partial charge in [0.25, 0.3) is 0 Å². The van der Waals surface area contributed by atoms with Crippen LogP contribution < -0.4 is 21.7 Å². The smallest absolute Gasteiger partial charge is 0.352 e. The maximum absolute atomic E-state index is 13.3. The molecule has 2 atom stereocenters. The highest BCUT2D eigenvalue weighted by Crippen LogP contribution is 2.19. The Balaban J connectivity index is 0.00000833. The van der Waals surface area contributed by atoms with E-state index in [1.165, 1.54) is 24.3 Å². The summed E-state index contributed by atoms with van der Waals surface area (Å²) in [5, 5.41) is 15.3. The summed E-state index contributed by atoms with van der Waals surface area (Å²) < 4.78 is 74.7. The lowest BCUT2D eigenvalue weighted by Crippen LogP contribution is -2.38. The minimum atomic E-state index is -5.02. The number of alkyl halides is 6. The molecule has 3 rings (SSSR count). The Kier molecular flexibility index (Phi) is 14.8. The third-order valence-electron chi connectivity index (χ3n) is 7.19. The number of amides is 3. The van der Waals surface area contributed by atoms with Crippen LogP contribution in [0.25, 0.3) is 0 Å². The van der Waals surface area contributed by atoms with Crippen molar-refractivity contribution in [3.05, 3.63) is 106 Å². The van der Waals surface area contributed by atoms with Gasteiger partial charge >= 0.3 is 24.2 Å². The molecule has 0 aliphatic heterocycles. The molecule has 5 N–H and O–H groups in total. The second kappa shape index (κ2) is 18.0. The average molecular weight is 712 g/mol. The van der Waals surface area contributed by atoms with E-state index in [9.17, 15) is 45.5 Å². The number of nitrogens with one attached hydrogen (secondary N) is 3. The second-order valence-electron chi connectivity index (χ2n) is 10.9. The number of nitrogens with two attached hydrogens (primary N) is 1.